The molecule has 1 heterocycles. The summed E-state index contributed by atoms with van der Waals surface area (Å²) >= 11 is 0. The summed E-state index contributed by atoms with van der Waals surface area (Å²) in [5, 5.41) is 12.5. The van der Waals surface area contributed by atoms with E-state index in [-0.39, 0.29) is 6.61 Å². The summed E-state index contributed by atoms with van der Waals surface area (Å²) in [7, 11) is 2.10. The van der Waals surface area contributed by atoms with Crippen molar-refractivity contribution in [3.05, 3.63) is 0 Å². The molecule has 21 heavy (non-hydrogen) atoms. The molecule has 5 nitrogen and oxygen atoms in total. The van der Waals surface area contributed by atoms with Crippen molar-refractivity contribution in [3.63, 3.8) is 0 Å². The van der Waals surface area contributed by atoms with Crippen LogP contribution in [0.25, 0.3) is 0 Å². The third kappa shape index (κ3) is 7.14. The Morgan fingerprint density at radius 2 is 2.24 bits per heavy atom. The van der Waals surface area contributed by atoms with Gasteiger partial charge in [-0.1, -0.05) is 13.3 Å². The highest BCUT2D eigenvalue weighted by molar-refractivity contribution is 5.79. The Morgan fingerprint density at radius 1 is 1.43 bits per heavy atom. The van der Waals surface area contributed by atoms with Crippen LogP contribution < -0.4 is 5.32 Å². The number of nitrogens with zero attached hydrogens (tertiary/aromatic N) is 2. The second-order valence-corrected chi connectivity index (χ2v) is 5.97. The van der Waals surface area contributed by atoms with Crippen LogP contribution in [0.4, 0.5) is 0 Å². The molecule has 0 aromatic carbocycles. The summed E-state index contributed by atoms with van der Waals surface area (Å²) in [6, 6.07) is 0. The van der Waals surface area contributed by atoms with E-state index in [2.05, 4.69) is 31.1 Å². The van der Waals surface area contributed by atoms with Crippen molar-refractivity contribution in [2.24, 2.45) is 16.8 Å². The Labute approximate surface area is 129 Å². The van der Waals surface area contributed by atoms with E-state index in [1.54, 1.807) is 0 Å². The van der Waals surface area contributed by atoms with Gasteiger partial charge in [0.15, 0.2) is 5.96 Å². The smallest absolute Gasteiger partial charge is 0.193 e. The molecule has 0 aromatic heterocycles. The highest BCUT2D eigenvalue weighted by atomic mass is 16.5. The minimum Gasteiger partial charge on any atom is -0.396 e. The number of ether oxygens (including phenoxy) is 1. The molecule has 2 unspecified atom stereocenters. The van der Waals surface area contributed by atoms with Gasteiger partial charge < -0.3 is 20.1 Å². The van der Waals surface area contributed by atoms with Crippen molar-refractivity contribution in [1.82, 2.24) is 10.2 Å². The van der Waals surface area contributed by atoms with E-state index in [0.717, 1.165) is 64.5 Å². The number of rotatable bonds is 9. The number of hydrogen-bond donors (Lipinski definition) is 2. The maximum Gasteiger partial charge on any atom is 0.193 e. The molecule has 0 aromatic rings. The van der Waals surface area contributed by atoms with Gasteiger partial charge in [-0.25, -0.2) is 0 Å². The second-order valence-electron chi connectivity index (χ2n) is 5.97. The van der Waals surface area contributed by atoms with E-state index in [1.165, 1.54) is 0 Å². The fraction of sp³-hybridized carbons (Fsp3) is 0.938. The SMILES string of the molecule is CCCC(CCO)CN=C(NCC)N(C)CC1CCOC1. The van der Waals surface area contributed by atoms with Gasteiger partial charge >= 0.3 is 0 Å². The maximum absolute atomic E-state index is 9.14. The van der Waals surface area contributed by atoms with Crippen LogP contribution in [0.3, 0.4) is 0 Å². The molecule has 2 atom stereocenters. The number of aliphatic hydroxyl groups excluding tert-OH is 1. The zero-order valence-corrected chi connectivity index (χ0v) is 14.0. The maximum atomic E-state index is 9.14. The minimum atomic E-state index is 0.256. The van der Waals surface area contributed by atoms with Crippen molar-refractivity contribution in [3.8, 4) is 0 Å². The van der Waals surface area contributed by atoms with Crippen LogP contribution in [0.5, 0.6) is 0 Å². The van der Waals surface area contributed by atoms with Gasteiger partial charge in [-0.3, -0.25) is 4.99 Å². The highest BCUT2D eigenvalue weighted by Gasteiger charge is 2.19. The Bertz CT molecular complexity index is 285. The Morgan fingerprint density at radius 3 is 2.81 bits per heavy atom. The van der Waals surface area contributed by atoms with Crippen molar-refractivity contribution < 1.29 is 9.84 Å². The molecule has 1 saturated heterocycles. The molecule has 1 aliphatic rings. The molecule has 0 bridgehead atoms. The lowest BCUT2D eigenvalue weighted by atomic mass is 10.0. The third-order valence-corrected chi connectivity index (χ3v) is 3.99. The first-order valence-corrected chi connectivity index (χ1v) is 8.39. The fourth-order valence-electron chi connectivity index (χ4n) is 2.80. The molecule has 2 N–H and O–H groups in total. The van der Waals surface area contributed by atoms with Crippen LogP contribution in [0.2, 0.25) is 0 Å². The summed E-state index contributed by atoms with van der Waals surface area (Å²) < 4.78 is 5.45. The first kappa shape index (κ1) is 18.2. The van der Waals surface area contributed by atoms with E-state index in [0.29, 0.717) is 11.8 Å². The largest absolute Gasteiger partial charge is 0.396 e. The van der Waals surface area contributed by atoms with Gasteiger partial charge in [0, 0.05) is 45.8 Å². The van der Waals surface area contributed by atoms with Gasteiger partial charge in [-0.05, 0) is 32.1 Å². The van der Waals surface area contributed by atoms with E-state index < -0.39 is 0 Å². The third-order valence-electron chi connectivity index (χ3n) is 3.99. The molecule has 1 fully saturated rings. The molecule has 5 heteroatoms. The van der Waals surface area contributed by atoms with Gasteiger partial charge in [0.25, 0.3) is 0 Å². The molecule has 0 spiro atoms. The zero-order chi connectivity index (χ0) is 15.5. The quantitative estimate of drug-likeness (QED) is 0.503. The summed E-state index contributed by atoms with van der Waals surface area (Å²) in [5.74, 6) is 2.07. The number of nitrogens with one attached hydrogen (secondary N) is 1. The van der Waals surface area contributed by atoms with Crippen LogP contribution in [-0.4, -0.2) is 62.5 Å². The molecule has 124 valence electrons. The number of hydrogen-bond acceptors (Lipinski definition) is 3. The number of aliphatic imine (C=N–C) groups is 1. The van der Waals surface area contributed by atoms with Crippen LogP contribution in [0, 0.1) is 11.8 Å². The van der Waals surface area contributed by atoms with Crippen molar-refractivity contribution in [2.75, 3.05) is 46.5 Å². The lowest BCUT2D eigenvalue weighted by Gasteiger charge is -2.25. The molecule has 0 saturated carbocycles. The number of aliphatic hydroxyl groups is 1. The van der Waals surface area contributed by atoms with E-state index >= 15 is 0 Å². The summed E-state index contributed by atoms with van der Waals surface area (Å²) in [5.41, 5.74) is 0. The van der Waals surface area contributed by atoms with Gasteiger partial charge in [0.2, 0.25) is 0 Å². The van der Waals surface area contributed by atoms with Crippen LogP contribution >= 0.6 is 0 Å². The van der Waals surface area contributed by atoms with Crippen LogP contribution in [0.1, 0.15) is 39.5 Å². The number of guanidine groups is 1. The molecule has 0 aliphatic carbocycles. The monoisotopic (exact) mass is 299 g/mol. The molecule has 0 radical (unpaired) electrons. The summed E-state index contributed by atoms with van der Waals surface area (Å²) in [6.45, 7) is 8.96. The highest BCUT2D eigenvalue weighted by Crippen LogP contribution is 2.14. The average Bonchev–Trinajstić information content (AvgIpc) is 2.96. The Balaban J connectivity index is 2.53. The normalized spacial score (nSPS) is 20.6. The van der Waals surface area contributed by atoms with Crippen LogP contribution in [0.15, 0.2) is 4.99 Å². The predicted octanol–water partition coefficient (Wildman–Crippen LogP) is 1.72. The first-order chi connectivity index (χ1) is 10.2. The molecular weight excluding hydrogens is 266 g/mol. The zero-order valence-electron chi connectivity index (χ0n) is 14.0. The molecule has 1 rings (SSSR count). The standard InChI is InChI=1S/C16H33N3O2/c1-4-6-14(7-9-20)11-18-16(17-5-2)19(3)12-15-8-10-21-13-15/h14-15,20H,4-13H2,1-3H3,(H,17,18). The molecule has 1 aliphatic heterocycles. The molecule has 0 amide bonds. The Kier molecular flexibility index (Phi) is 9.42. The Hall–Kier alpha value is -0.810. The molecular formula is C16H33N3O2. The van der Waals surface area contributed by atoms with Gasteiger partial charge in [0.05, 0.1) is 6.61 Å². The fourth-order valence-corrected chi connectivity index (χ4v) is 2.80. The lowest BCUT2D eigenvalue weighted by Crippen LogP contribution is -2.41. The second kappa shape index (κ2) is 10.9. The topological polar surface area (TPSA) is 57.1 Å². The lowest BCUT2D eigenvalue weighted by molar-refractivity contribution is 0.181. The van der Waals surface area contributed by atoms with Crippen molar-refractivity contribution >= 4 is 5.96 Å². The van der Waals surface area contributed by atoms with Crippen molar-refractivity contribution in [1.29, 1.82) is 0 Å². The predicted molar refractivity (Wildman–Crippen MR) is 87.6 cm³/mol. The first-order valence-electron chi connectivity index (χ1n) is 8.39. The van der Waals surface area contributed by atoms with Crippen LogP contribution in [-0.2, 0) is 4.74 Å². The summed E-state index contributed by atoms with van der Waals surface area (Å²) in [6.07, 6.45) is 4.26. The van der Waals surface area contributed by atoms with Gasteiger partial charge in [-0.15, -0.1) is 0 Å². The minimum absolute atomic E-state index is 0.256. The van der Waals surface area contributed by atoms with E-state index in [9.17, 15) is 0 Å². The van der Waals surface area contributed by atoms with Gasteiger partial charge in [0.1, 0.15) is 0 Å². The van der Waals surface area contributed by atoms with E-state index in [1.807, 2.05) is 0 Å². The summed E-state index contributed by atoms with van der Waals surface area (Å²) in [4.78, 5) is 6.99. The van der Waals surface area contributed by atoms with E-state index in [4.69, 9.17) is 14.8 Å². The average molecular weight is 299 g/mol. The van der Waals surface area contributed by atoms with Crippen molar-refractivity contribution in [2.45, 2.75) is 39.5 Å². The van der Waals surface area contributed by atoms with Gasteiger partial charge in [-0.2, -0.15) is 0 Å².